The van der Waals surface area contributed by atoms with Gasteiger partial charge in [-0.3, -0.25) is 4.79 Å². The number of nitrogens with one attached hydrogen (secondary N) is 2. The molecule has 0 heterocycles. The van der Waals surface area contributed by atoms with Crippen molar-refractivity contribution in [2.45, 2.75) is 38.8 Å². The first-order valence-corrected chi connectivity index (χ1v) is 7.47. The highest BCUT2D eigenvalue weighted by Gasteiger charge is 2.16. The molecule has 0 saturated heterocycles. The molecule has 0 aliphatic heterocycles. The number of carbonyl (C=O) groups excluding carboxylic acids is 2. The molecule has 116 valence electrons. The van der Waals surface area contributed by atoms with Crippen molar-refractivity contribution in [2.24, 2.45) is 5.73 Å². The fourth-order valence-corrected chi connectivity index (χ4v) is 2.06. The molecule has 1 atom stereocenters. The van der Waals surface area contributed by atoms with E-state index < -0.39 is 18.0 Å². The normalized spacial score (nSPS) is 11.8. The standard InChI is InChI=1S/C14H19Cl2N3O2/c1-2-3-4-12(13(17)20)19-14(21)18-8-9-5-6-10(15)11(16)7-9/h5-7,12H,2-4,8H2,1H3,(H2,17,20)(H2,18,19,21). The zero-order valence-electron chi connectivity index (χ0n) is 11.8. The topological polar surface area (TPSA) is 84.2 Å². The van der Waals surface area contributed by atoms with Crippen molar-refractivity contribution >= 4 is 35.1 Å². The number of hydrogen-bond donors (Lipinski definition) is 3. The molecular weight excluding hydrogens is 313 g/mol. The number of hydrogen-bond acceptors (Lipinski definition) is 2. The Labute approximate surface area is 134 Å². The van der Waals surface area contributed by atoms with Crippen LogP contribution in [0, 0.1) is 0 Å². The quantitative estimate of drug-likeness (QED) is 0.717. The minimum Gasteiger partial charge on any atom is -0.368 e. The number of primary amides is 1. The van der Waals surface area contributed by atoms with E-state index in [0.717, 1.165) is 18.4 Å². The average Bonchev–Trinajstić information content (AvgIpc) is 2.44. The summed E-state index contributed by atoms with van der Waals surface area (Å²) in [5.41, 5.74) is 6.07. The second-order valence-corrected chi connectivity index (χ2v) is 5.49. The summed E-state index contributed by atoms with van der Waals surface area (Å²) >= 11 is 11.7. The van der Waals surface area contributed by atoms with Gasteiger partial charge in [-0.05, 0) is 24.1 Å². The van der Waals surface area contributed by atoms with Crippen LogP contribution >= 0.6 is 23.2 Å². The smallest absolute Gasteiger partial charge is 0.315 e. The van der Waals surface area contributed by atoms with Crippen molar-refractivity contribution < 1.29 is 9.59 Å². The summed E-state index contributed by atoms with van der Waals surface area (Å²) in [6.07, 6.45) is 2.28. The molecule has 7 heteroatoms. The van der Waals surface area contributed by atoms with E-state index >= 15 is 0 Å². The van der Waals surface area contributed by atoms with E-state index in [1.165, 1.54) is 0 Å². The van der Waals surface area contributed by atoms with Crippen LogP contribution < -0.4 is 16.4 Å². The molecular formula is C14H19Cl2N3O2. The van der Waals surface area contributed by atoms with E-state index in [1.807, 2.05) is 6.92 Å². The minimum atomic E-state index is -0.654. The lowest BCUT2D eigenvalue weighted by Crippen LogP contribution is -2.48. The lowest BCUT2D eigenvalue weighted by Gasteiger charge is -2.15. The third kappa shape index (κ3) is 6.23. The lowest BCUT2D eigenvalue weighted by molar-refractivity contribution is -0.119. The van der Waals surface area contributed by atoms with Crippen molar-refractivity contribution in [1.29, 1.82) is 0 Å². The molecule has 0 radical (unpaired) electrons. The van der Waals surface area contributed by atoms with Crippen LogP contribution in [0.4, 0.5) is 4.79 Å². The summed E-state index contributed by atoms with van der Waals surface area (Å²) in [6, 6.07) is 4.00. The van der Waals surface area contributed by atoms with Gasteiger partial charge in [-0.15, -0.1) is 0 Å². The van der Waals surface area contributed by atoms with Gasteiger partial charge in [0.05, 0.1) is 10.0 Å². The Morgan fingerprint density at radius 1 is 1.29 bits per heavy atom. The molecule has 3 amide bonds. The highest BCUT2D eigenvalue weighted by Crippen LogP contribution is 2.22. The number of urea groups is 1. The highest BCUT2D eigenvalue weighted by atomic mass is 35.5. The minimum absolute atomic E-state index is 0.280. The van der Waals surface area contributed by atoms with E-state index in [0.29, 0.717) is 16.5 Å². The van der Waals surface area contributed by atoms with E-state index in [9.17, 15) is 9.59 Å². The monoisotopic (exact) mass is 331 g/mol. The van der Waals surface area contributed by atoms with E-state index in [-0.39, 0.29) is 6.54 Å². The molecule has 0 spiro atoms. The van der Waals surface area contributed by atoms with Gasteiger partial charge in [-0.2, -0.15) is 0 Å². The molecule has 0 saturated carbocycles. The Morgan fingerprint density at radius 2 is 2.00 bits per heavy atom. The number of benzene rings is 1. The first-order chi connectivity index (χ1) is 9.93. The Morgan fingerprint density at radius 3 is 2.57 bits per heavy atom. The summed E-state index contributed by atoms with van der Waals surface area (Å²) in [5.74, 6) is -0.534. The number of halogens is 2. The highest BCUT2D eigenvalue weighted by molar-refractivity contribution is 6.42. The molecule has 1 aromatic rings. The third-order valence-corrected chi connectivity index (χ3v) is 3.67. The molecule has 0 bridgehead atoms. The van der Waals surface area contributed by atoms with E-state index in [4.69, 9.17) is 28.9 Å². The number of rotatable bonds is 7. The molecule has 0 fully saturated rings. The van der Waals surface area contributed by atoms with Gasteiger partial charge in [-0.25, -0.2) is 4.79 Å². The largest absolute Gasteiger partial charge is 0.368 e. The molecule has 1 unspecified atom stereocenters. The fourth-order valence-electron chi connectivity index (χ4n) is 1.74. The van der Waals surface area contributed by atoms with Gasteiger partial charge in [0.1, 0.15) is 6.04 Å². The Kier molecular flexibility index (Phi) is 7.32. The number of nitrogens with two attached hydrogens (primary N) is 1. The summed E-state index contributed by atoms with van der Waals surface area (Å²) in [7, 11) is 0. The Balaban J connectivity index is 2.48. The lowest BCUT2D eigenvalue weighted by atomic mass is 10.1. The summed E-state index contributed by atoms with van der Waals surface area (Å²) < 4.78 is 0. The van der Waals surface area contributed by atoms with Gasteiger partial charge < -0.3 is 16.4 Å². The second-order valence-electron chi connectivity index (χ2n) is 4.67. The van der Waals surface area contributed by atoms with Crippen LogP contribution in [-0.2, 0) is 11.3 Å². The molecule has 0 aromatic heterocycles. The maximum atomic E-state index is 11.8. The molecule has 4 N–H and O–H groups in total. The van der Waals surface area contributed by atoms with E-state index in [1.54, 1.807) is 18.2 Å². The number of unbranched alkanes of at least 4 members (excludes halogenated alkanes) is 1. The summed E-state index contributed by atoms with van der Waals surface area (Å²) in [5, 5.41) is 6.09. The van der Waals surface area contributed by atoms with Crippen LogP contribution in [0.15, 0.2) is 18.2 Å². The number of carbonyl (C=O) groups is 2. The fraction of sp³-hybridized carbons (Fsp3) is 0.429. The van der Waals surface area contributed by atoms with Crippen LogP contribution in [0.3, 0.4) is 0 Å². The van der Waals surface area contributed by atoms with Gasteiger partial charge in [0.25, 0.3) is 0 Å². The van der Waals surface area contributed by atoms with Gasteiger partial charge in [0, 0.05) is 6.54 Å². The zero-order valence-corrected chi connectivity index (χ0v) is 13.3. The van der Waals surface area contributed by atoms with Crippen molar-refractivity contribution in [3.05, 3.63) is 33.8 Å². The van der Waals surface area contributed by atoms with Crippen LogP contribution in [-0.4, -0.2) is 18.0 Å². The van der Waals surface area contributed by atoms with Gasteiger partial charge in [0.2, 0.25) is 5.91 Å². The van der Waals surface area contributed by atoms with Crippen LogP contribution in [0.25, 0.3) is 0 Å². The van der Waals surface area contributed by atoms with Crippen molar-refractivity contribution in [3.63, 3.8) is 0 Å². The molecule has 5 nitrogen and oxygen atoms in total. The predicted molar refractivity (Wildman–Crippen MR) is 84.3 cm³/mol. The zero-order chi connectivity index (χ0) is 15.8. The molecule has 0 aliphatic carbocycles. The first kappa shape index (κ1) is 17.6. The maximum absolute atomic E-state index is 11.8. The molecule has 1 rings (SSSR count). The van der Waals surface area contributed by atoms with Gasteiger partial charge >= 0.3 is 6.03 Å². The van der Waals surface area contributed by atoms with Gasteiger partial charge in [0.15, 0.2) is 0 Å². The second kappa shape index (κ2) is 8.74. The van der Waals surface area contributed by atoms with Gasteiger partial charge in [-0.1, -0.05) is 49.0 Å². The van der Waals surface area contributed by atoms with Crippen LogP contribution in [0.5, 0.6) is 0 Å². The SMILES string of the molecule is CCCCC(NC(=O)NCc1ccc(Cl)c(Cl)c1)C(N)=O. The Hall–Kier alpha value is -1.46. The summed E-state index contributed by atoms with van der Waals surface area (Å²) in [6.45, 7) is 2.28. The Bertz CT molecular complexity index is 509. The predicted octanol–water partition coefficient (Wildman–Crippen LogP) is 2.84. The summed E-state index contributed by atoms with van der Waals surface area (Å²) in [4.78, 5) is 23.0. The van der Waals surface area contributed by atoms with Crippen LogP contribution in [0.1, 0.15) is 31.7 Å². The van der Waals surface area contributed by atoms with Crippen molar-refractivity contribution in [2.75, 3.05) is 0 Å². The molecule has 1 aromatic carbocycles. The maximum Gasteiger partial charge on any atom is 0.315 e. The number of amides is 3. The van der Waals surface area contributed by atoms with E-state index in [2.05, 4.69) is 10.6 Å². The van der Waals surface area contributed by atoms with Crippen molar-refractivity contribution in [3.8, 4) is 0 Å². The first-order valence-electron chi connectivity index (χ1n) is 6.71. The van der Waals surface area contributed by atoms with Crippen molar-refractivity contribution in [1.82, 2.24) is 10.6 Å². The third-order valence-electron chi connectivity index (χ3n) is 2.93. The molecule has 0 aliphatic rings. The average molecular weight is 332 g/mol. The van der Waals surface area contributed by atoms with Crippen LogP contribution in [0.2, 0.25) is 10.0 Å². The molecule has 21 heavy (non-hydrogen) atoms.